The van der Waals surface area contributed by atoms with Gasteiger partial charge >= 0.3 is 0 Å². The van der Waals surface area contributed by atoms with Gasteiger partial charge in [-0.15, -0.1) is 0 Å². The SMILES string of the molecule is CCn1nc(C)c(Br)c1Cn1nccc1CNCC(C)C. The van der Waals surface area contributed by atoms with Crippen molar-refractivity contribution in [1.82, 2.24) is 24.9 Å². The third kappa shape index (κ3) is 3.95. The van der Waals surface area contributed by atoms with E-state index in [-0.39, 0.29) is 0 Å². The van der Waals surface area contributed by atoms with Crippen LogP contribution in [-0.2, 0) is 19.6 Å². The van der Waals surface area contributed by atoms with Crippen LogP contribution in [0.5, 0.6) is 0 Å². The highest BCUT2D eigenvalue weighted by Crippen LogP contribution is 2.22. The van der Waals surface area contributed by atoms with Crippen LogP contribution in [0.4, 0.5) is 0 Å². The first-order valence-corrected chi connectivity index (χ1v) is 8.25. The van der Waals surface area contributed by atoms with Crippen molar-refractivity contribution < 1.29 is 0 Å². The second kappa shape index (κ2) is 7.22. The van der Waals surface area contributed by atoms with Gasteiger partial charge in [0.15, 0.2) is 0 Å². The van der Waals surface area contributed by atoms with E-state index >= 15 is 0 Å². The molecule has 6 heteroatoms. The predicted molar refractivity (Wildman–Crippen MR) is 88.2 cm³/mol. The molecule has 2 aromatic heterocycles. The van der Waals surface area contributed by atoms with Crippen molar-refractivity contribution >= 4 is 15.9 Å². The Hall–Kier alpha value is -1.14. The van der Waals surface area contributed by atoms with Crippen molar-refractivity contribution in [3.05, 3.63) is 33.8 Å². The van der Waals surface area contributed by atoms with E-state index in [2.05, 4.69) is 58.3 Å². The van der Waals surface area contributed by atoms with Crippen LogP contribution < -0.4 is 5.32 Å². The standard InChI is InChI=1S/C15H24BrN5/c1-5-20-14(15(16)12(4)19-20)10-21-13(6-7-18-21)9-17-8-11(2)3/h6-7,11,17H,5,8-10H2,1-4H3. The van der Waals surface area contributed by atoms with Gasteiger partial charge in [0.05, 0.1) is 28.1 Å². The first kappa shape index (κ1) is 16.2. The molecule has 0 unspecified atom stereocenters. The molecular weight excluding hydrogens is 330 g/mol. The van der Waals surface area contributed by atoms with Gasteiger partial charge < -0.3 is 5.32 Å². The van der Waals surface area contributed by atoms with Crippen LogP contribution in [0, 0.1) is 12.8 Å². The molecule has 0 atom stereocenters. The van der Waals surface area contributed by atoms with Gasteiger partial charge in [0, 0.05) is 19.3 Å². The molecule has 0 aliphatic carbocycles. The van der Waals surface area contributed by atoms with Crippen LogP contribution in [0.2, 0.25) is 0 Å². The molecule has 0 saturated heterocycles. The zero-order chi connectivity index (χ0) is 15.4. The average Bonchev–Trinajstić information content (AvgIpc) is 2.98. The Kier molecular flexibility index (Phi) is 5.58. The van der Waals surface area contributed by atoms with Crippen LogP contribution in [0.1, 0.15) is 37.9 Å². The number of halogens is 1. The van der Waals surface area contributed by atoms with Crippen molar-refractivity contribution in [3.63, 3.8) is 0 Å². The van der Waals surface area contributed by atoms with Crippen LogP contribution in [0.3, 0.4) is 0 Å². The van der Waals surface area contributed by atoms with Gasteiger partial charge in [-0.2, -0.15) is 10.2 Å². The Morgan fingerprint density at radius 1 is 1.33 bits per heavy atom. The number of nitrogens with zero attached hydrogens (tertiary/aromatic N) is 4. The normalized spacial score (nSPS) is 11.5. The summed E-state index contributed by atoms with van der Waals surface area (Å²) in [6, 6.07) is 2.07. The van der Waals surface area contributed by atoms with Crippen molar-refractivity contribution in [1.29, 1.82) is 0 Å². The smallest absolute Gasteiger partial charge is 0.0843 e. The van der Waals surface area contributed by atoms with Crippen molar-refractivity contribution in [2.24, 2.45) is 5.92 Å². The molecule has 0 amide bonds. The monoisotopic (exact) mass is 353 g/mol. The third-order valence-corrected chi connectivity index (χ3v) is 4.45. The summed E-state index contributed by atoms with van der Waals surface area (Å²) in [5.74, 6) is 0.652. The van der Waals surface area contributed by atoms with Crippen LogP contribution in [0.25, 0.3) is 0 Å². The van der Waals surface area contributed by atoms with E-state index in [1.165, 1.54) is 11.4 Å². The lowest BCUT2D eigenvalue weighted by Gasteiger charge is -2.11. The average molecular weight is 354 g/mol. The minimum absolute atomic E-state index is 0.652. The summed E-state index contributed by atoms with van der Waals surface area (Å²) >= 11 is 3.64. The summed E-state index contributed by atoms with van der Waals surface area (Å²) in [5, 5.41) is 12.5. The molecule has 0 saturated carbocycles. The maximum atomic E-state index is 4.54. The number of aromatic nitrogens is 4. The first-order valence-electron chi connectivity index (χ1n) is 7.46. The van der Waals surface area contributed by atoms with E-state index in [0.29, 0.717) is 5.92 Å². The second-order valence-electron chi connectivity index (χ2n) is 5.67. The number of rotatable bonds is 7. The van der Waals surface area contributed by atoms with Crippen molar-refractivity contribution in [3.8, 4) is 0 Å². The largest absolute Gasteiger partial charge is 0.311 e. The maximum Gasteiger partial charge on any atom is 0.0843 e. The molecule has 0 bridgehead atoms. The van der Waals surface area contributed by atoms with Gasteiger partial charge in [-0.3, -0.25) is 9.36 Å². The summed E-state index contributed by atoms with van der Waals surface area (Å²) in [4.78, 5) is 0. The lowest BCUT2D eigenvalue weighted by Crippen LogP contribution is -2.21. The minimum Gasteiger partial charge on any atom is -0.311 e. The van der Waals surface area contributed by atoms with Crippen molar-refractivity contribution in [2.45, 2.75) is 47.3 Å². The fourth-order valence-corrected chi connectivity index (χ4v) is 2.71. The molecule has 0 aromatic carbocycles. The Labute approximate surface area is 134 Å². The fourth-order valence-electron chi connectivity index (χ4n) is 2.30. The van der Waals surface area contributed by atoms with Gasteiger partial charge in [-0.1, -0.05) is 13.8 Å². The third-order valence-electron chi connectivity index (χ3n) is 3.42. The van der Waals surface area contributed by atoms with Crippen LogP contribution in [0.15, 0.2) is 16.7 Å². The zero-order valence-corrected chi connectivity index (χ0v) is 14.8. The fraction of sp³-hybridized carbons (Fsp3) is 0.600. The topological polar surface area (TPSA) is 47.7 Å². The van der Waals surface area contributed by atoms with Gasteiger partial charge in [-0.25, -0.2) is 0 Å². The summed E-state index contributed by atoms with van der Waals surface area (Å²) in [6.07, 6.45) is 1.86. The number of aryl methyl sites for hydroxylation is 2. The minimum atomic E-state index is 0.652. The van der Waals surface area contributed by atoms with Crippen LogP contribution in [-0.4, -0.2) is 26.1 Å². The van der Waals surface area contributed by atoms with Gasteiger partial charge in [-0.05, 0) is 48.3 Å². The molecule has 2 rings (SSSR count). The predicted octanol–water partition coefficient (Wildman–Crippen LogP) is 2.96. The Morgan fingerprint density at radius 3 is 2.76 bits per heavy atom. The highest BCUT2D eigenvalue weighted by Gasteiger charge is 2.14. The first-order chi connectivity index (χ1) is 10.0. The highest BCUT2D eigenvalue weighted by molar-refractivity contribution is 9.10. The van der Waals surface area contributed by atoms with Gasteiger partial charge in [0.25, 0.3) is 0 Å². The molecule has 0 aliphatic rings. The molecule has 0 aliphatic heterocycles. The maximum absolute atomic E-state index is 4.54. The van der Waals surface area contributed by atoms with E-state index < -0.39 is 0 Å². The summed E-state index contributed by atoms with van der Waals surface area (Å²) in [5.41, 5.74) is 3.39. The summed E-state index contributed by atoms with van der Waals surface area (Å²) in [7, 11) is 0. The molecule has 2 aromatic rings. The molecule has 21 heavy (non-hydrogen) atoms. The van der Waals surface area contributed by atoms with E-state index in [0.717, 1.165) is 36.3 Å². The quantitative estimate of drug-likeness (QED) is 0.832. The van der Waals surface area contributed by atoms with Crippen LogP contribution >= 0.6 is 15.9 Å². The molecule has 0 fully saturated rings. The van der Waals surface area contributed by atoms with Crippen molar-refractivity contribution in [2.75, 3.05) is 6.54 Å². The lowest BCUT2D eigenvalue weighted by molar-refractivity contribution is 0.518. The van der Waals surface area contributed by atoms with Gasteiger partial charge in [0.2, 0.25) is 0 Å². The van der Waals surface area contributed by atoms with E-state index in [1.807, 2.05) is 22.5 Å². The number of nitrogens with one attached hydrogen (secondary N) is 1. The lowest BCUT2D eigenvalue weighted by atomic mass is 10.2. The molecule has 1 N–H and O–H groups in total. The molecule has 5 nitrogen and oxygen atoms in total. The zero-order valence-electron chi connectivity index (χ0n) is 13.2. The molecule has 0 radical (unpaired) electrons. The Morgan fingerprint density at radius 2 is 2.10 bits per heavy atom. The van der Waals surface area contributed by atoms with E-state index in [9.17, 15) is 0 Å². The molecular formula is C15H24BrN5. The summed E-state index contributed by atoms with van der Waals surface area (Å²) < 4.78 is 5.16. The Bertz CT molecular complexity index is 585. The van der Waals surface area contributed by atoms with E-state index in [1.54, 1.807) is 0 Å². The van der Waals surface area contributed by atoms with E-state index in [4.69, 9.17) is 0 Å². The van der Waals surface area contributed by atoms with Gasteiger partial charge in [0.1, 0.15) is 0 Å². The summed E-state index contributed by atoms with van der Waals surface area (Å²) in [6.45, 7) is 12.0. The molecule has 2 heterocycles. The Balaban J connectivity index is 2.12. The highest BCUT2D eigenvalue weighted by atomic mass is 79.9. The number of hydrogen-bond acceptors (Lipinski definition) is 3. The molecule has 0 spiro atoms. The molecule has 116 valence electrons. The number of hydrogen-bond donors (Lipinski definition) is 1. The second-order valence-corrected chi connectivity index (χ2v) is 6.46.